The van der Waals surface area contributed by atoms with Crippen molar-refractivity contribution in [3.8, 4) is 0 Å². The molecule has 0 bridgehead atoms. The first-order valence-electron chi connectivity index (χ1n) is 6.97. The maximum absolute atomic E-state index is 13.7. The maximum Gasteiger partial charge on any atom is 0.252 e. The number of benzene rings is 2. The van der Waals surface area contributed by atoms with Crippen LogP contribution in [0.15, 0.2) is 36.4 Å². The Balaban J connectivity index is 2.29. The number of nitrogens with one attached hydrogen (secondary N) is 1. The van der Waals surface area contributed by atoms with E-state index in [0.29, 0.717) is 22.3 Å². The summed E-state index contributed by atoms with van der Waals surface area (Å²) in [5.41, 5.74) is 0.526. The van der Waals surface area contributed by atoms with E-state index in [1.165, 1.54) is 6.07 Å². The number of fused-ring (bicyclic) bond motifs is 1. The van der Waals surface area contributed by atoms with Gasteiger partial charge < -0.3 is 5.32 Å². The third-order valence-electron chi connectivity index (χ3n) is 3.32. The van der Waals surface area contributed by atoms with Crippen molar-refractivity contribution >= 4 is 16.7 Å². The van der Waals surface area contributed by atoms with Crippen molar-refractivity contribution < 1.29 is 9.18 Å². The second-order valence-electron chi connectivity index (χ2n) is 5.64. The molecule has 1 amide bonds. The normalized spacial score (nSPS) is 12.7. The largest absolute Gasteiger partial charge is 0.350 e. The summed E-state index contributed by atoms with van der Waals surface area (Å²) in [4.78, 5) is 12.3. The average molecular weight is 273 g/mol. The third kappa shape index (κ3) is 3.16. The van der Waals surface area contributed by atoms with Gasteiger partial charge in [0.1, 0.15) is 5.82 Å². The Hall–Kier alpha value is -1.90. The van der Waals surface area contributed by atoms with Gasteiger partial charge in [-0.05, 0) is 36.8 Å². The Morgan fingerprint density at radius 1 is 1.10 bits per heavy atom. The van der Waals surface area contributed by atoms with Gasteiger partial charge in [-0.3, -0.25) is 4.79 Å². The molecule has 2 aromatic rings. The summed E-state index contributed by atoms with van der Waals surface area (Å²) < 4.78 is 13.7. The molecule has 0 radical (unpaired) electrons. The van der Waals surface area contributed by atoms with Crippen molar-refractivity contribution in [3.63, 3.8) is 0 Å². The van der Waals surface area contributed by atoms with Gasteiger partial charge in [-0.15, -0.1) is 0 Å². The molecule has 0 aliphatic rings. The summed E-state index contributed by atoms with van der Waals surface area (Å²) in [5, 5.41) is 4.12. The van der Waals surface area contributed by atoms with Gasteiger partial charge in [0.25, 0.3) is 5.91 Å². The fourth-order valence-corrected chi connectivity index (χ4v) is 2.53. The van der Waals surface area contributed by atoms with Gasteiger partial charge in [-0.2, -0.15) is 0 Å². The number of carbonyl (C=O) groups excluding carboxylic acids is 1. The molecular weight excluding hydrogens is 253 g/mol. The van der Waals surface area contributed by atoms with Crippen LogP contribution < -0.4 is 5.32 Å². The number of hydrogen-bond acceptors (Lipinski definition) is 1. The number of amides is 1. The summed E-state index contributed by atoms with van der Waals surface area (Å²) in [7, 11) is 0. The molecule has 0 spiro atoms. The lowest BCUT2D eigenvalue weighted by molar-refractivity contribution is 0.0938. The number of carbonyl (C=O) groups is 1. The van der Waals surface area contributed by atoms with Crippen LogP contribution in [0.4, 0.5) is 4.39 Å². The zero-order chi connectivity index (χ0) is 14.7. The molecule has 0 aliphatic carbocycles. The summed E-state index contributed by atoms with van der Waals surface area (Å²) >= 11 is 0. The van der Waals surface area contributed by atoms with Crippen LogP contribution in [0.2, 0.25) is 0 Å². The Morgan fingerprint density at radius 2 is 1.75 bits per heavy atom. The highest BCUT2D eigenvalue weighted by Crippen LogP contribution is 2.22. The van der Waals surface area contributed by atoms with Crippen molar-refractivity contribution in [2.75, 3.05) is 0 Å². The van der Waals surface area contributed by atoms with E-state index in [0.717, 1.165) is 6.42 Å². The molecule has 106 valence electrons. The Labute approximate surface area is 119 Å². The van der Waals surface area contributed by atoms with Crippen LogP contribution >= 0.6 is 0 Å². The molecular formula is C17H20FNO. The Kier molecular flexibility index (Phi) is 4.38. The summed E-state index contributed by atoms with van der Waals surface area (Å²) in [5.74, 6) is 0.0805. The molecule has 0 saturated carbocycles. The van der Waals surface area contributed by atoms with Gasteiger partial charge in [0.15, 0.2) is 0 Å². The van der Waals surface area contributed by atoms with Crippen LogP contribution in [0, 0.1) is 11.7 Å². The number of halogens is 1. The Bertz CT molecular complexity index is 621. The minimum atomic E-state index is -0.299. The van der Waals surface area contributed by atoms with Gasteiger partial charge in [0.05, 0.1) is 0 Å². The topological polar surface area (TPSA) is 29.1 Å². The molecule has 1 N–H and O–H groups in total. The van der Waals surface area contributed by atoms with Crippen LogP contribution in [0.3, 0.4) is 0 Å². The van der Waals surface area contributed by atoms with E-state index >= 15 is 0 Å². The van der Waals surface area contributed by atoms with E-state index in [2.05, 4.69) is 19.2 Å². The van der Waals surface area contributed by atoms with E-state index in [9.17, 15) is 9.18 Å². The lowest BCUT2D eigenvalue weighted by atomic mass is 10.0. The van der Waals surface area contributed by atoms with E-state index in [1.54, 1.807) is 24.3 Å². The average Bonchev–Trinajstić information content (AvgIpc) is 2.38. The third-order valence-corrected chi connectivity index (χ3v) is 3.32. The highest BCUT2D eigenvalue weighted by Gasteiger charge is 2.14. The van der Waals surface area contributed by atoms with Crippen LogP contribution in [-0.4, -0.2) is 11.9 Å². The van der Waals surface area contributed by atoms with E-state index in [1.807, 2.05) is 13.0 Å². The fourth-order valence-electron chi connectivity index (χ4n) is 2.53. The van der Waals surface area contributed by atoms with Crippen molar-refractivity contribution in [2.45, 2.75) is 33.2 Å². The molecule has 3 heteroatoms. The lowest BCUT2D eigenvalue weighted by Gasteiger charge is -2.16. The molecule has 2 aromatic carbocycles. The van der Waals surface area contributed by atoms with Crippen LogP contribution in [0.5, 0.6) is 0 Å². The summed E-state index contributed by atoms with van der Waals surface area (Å²) in [6.45, 7) is 6.23. The number of rotatable bonds is 4. The second-order valence-corrected chi connectivity index (χ2v) is 5.64. The Morgan fingerprint density at radius 3 is 2.40 bits per heavy atom. The van der Waals surface area contributed by atoms with Crippen LogP contribution in [-0.2, 0) is 0 Å². The van der Waals surface area contributed by atoms with E-state index in [-0.39, 0.29) is 17.8 Å². The van der Waals surface area contributed by atoms with Crippen LogP contribution in [0.25, 0.3) is 10.8 Å². The monoisotopic (exact) mass is 273 g/mol. The quantitative estimate of drug-likeness (QED) is 0.891. The molecule has 1 unspecified atom stereocenters. The van der Waals surface area contributed by atoms with E-state index < -0.39 is 0 Å². The maximum atomic E-state index is 13.7. The lowest BCUT2D eigenvalue weighted by Crippen LogP contribution is -2.33. The van der Waals surface area contributed by atoms with Gasteiger partial charge in [0.2, 0.25) is 0 Å². The van der Waals surface area contributed by atoms with Crippen molar-refractivity contribution in [1.29, 1.82) is 0 Å². The van der Waals surface area contributed by atoms with Crippen LogP contribution in [0.1, 0.15) is 37.6 Å². The molecule has 0 heterocycles. The summed E-state index contributed by atoms with van der Waals surface area (Å²) in [6.07, 6.45) is 0.921. The van der Waals surface area contributed by atoms with Crippen molar-refractivity contribution in [3.05, 3.63) is 47.8 Å². The predicted octanol–water partition coefficient (Wildman–Crippen LogP) is 4.14. The molecule has 2 nitrogen and oxygen atoms in total. The fraction of sp³-hybridized carbons (Fsp3) is 0.353. The molecule has 2 rings (SSSR count). The molecule has 1 atom stereocenters. The smallest absolute Gasteiger partial charge is 0.252 e. The molecule has 20 heavy (non-hydrogen) atoms. The first kappa shape index (κ1) is 14.5. The van der Waals surface area contributed by atoms with Gasteiger partial charge in [-0.25, -0.2) is 4.39 Å². The molecule has 0 saturated heterocycles. The SMILES string of the molecule is CC(C)CC(C)NC(=O)c1ccc(F)c2ccccc12. The minimum absolute atomic E-state index is 0.103. The first-order valence-corrected chi connectivity index (χ1v) is 6.97. The zero-order valence-electron chi connectivity index (χ0n) is 12.1. The second kappa shape index (κ2) is 6.04. The minimum Gasteiger partial charge on any atom is -0.350 e. The standard InChI is InChI=1S/C17H20FNO/c1-11(2)10-12(3)19-17(20)15-8-9-16(18)14-7-5-4-6-13(14)15/h4-9,11-12H,10H2,1-3H3,(H,19,20). The number of hydrogen-bond donors (Lipinski definition) is 1. The summed E-state index contributed by atoms with van der Waals surface area (Å²) in [6, 6.07) is 10.1. The van der Waals surface area contributed by atoms with Crippen molar-refractivity contribution in [1.82, 2.24) is 5.32 Å². The highest BCUT2D eigenvalue weighted by molar-refractivity contribution is 6.07. The molecule has 0 aromatic heterocycles. The van der Waals surface area contributed by atoms with Crippen molar-refractivity contribution in [2.24, 2.45) is 5.92 Å². The van der Waals surface area contributed by atoms with E-state index in [4.69, 9.17) is 0 Å². The molecule has 0 aliphatic heterocycles. The predicted molar refractivity (Wildman–Crippen MR) is 80.3 cm³/mol. The molecule has 0 fully saturated rings. The zero-order valence-corrected chi connectivity index (χ0v) is 12.1. The highest BCUT2D eigenvalue weighted by atomic mass is 19.1. The van der Waals surface area contributed by atoms with Gasteiger partial charge >= 0.3 is 0 Å². The first-order chi connectivity index (χ1) is 9.49. The van der Waals surface area contributed by atoms with Gasteiger partial charge in [0, 0.05) is 17.0 Å². The van der Waals surface area contributed by atoms with Gasteiger partial charge in [-0.1, -0.05) is 38.1 Å².